The van der Waals surface area contributed by atoms with E-state index >= 15 is 0 Å². The van der Waals surface area contributed by atoms with E-state index < -0.39 is 0 Å². The van der Waals surface area contributed by atoms with Gasteiger partial charge in [0.15, 0.2) is 11.3 Å². The molecule has 3 aromatic heterocycles. The van der Waals surface area contributed by atoms with Gasteiger partial charge in [-0.25, -0.2) is 15.0 Å². The molecule has 1 aliphatic rings. The van der Waals surface area contributed by atoms with E-state index in [1.165, 1.54) is 6.20 Å². The van der Waals surface area contributed by atoms with E-state index in [1.807, 2.05) is 12.1 Å². The molecule has 8 heteroatoms. The summed E-state index contributed by atoms with van der Waals surface area (Å²) in [4.78, 5) is 21.7. The molecule has 0 amide bonds. The normalized spacial score (nSPS) is 15.5. The molecule has 0 saturated carbocycles. The average Bonchev–Trinajstić information content (AvgIpc) is 2.62. The van der Waals surface area contributed by atoms with Crippen LogP contribution >= 0.6 is 0 Å². The highest BCUT2D eigenvalue weighted by Gasteiger charge is 2.19. The van der Waals surface area contributed by atoms with Crippen LogP contribution in [0.5, 0.6) is 5.88 Å². The molecule has 4 heterocycles. The summed E-state index contributed by atoms with van der Waals surface area (Å²) in [5.74, 6) is 1.18. The summed E-state index contributed by atoms with van der Waals surface area (Å²) < 4.78 is 11.5. The predicted octanol–water partition coefficient (Wildman–Crippen LogP) is 1.62. The van der Waals surface area contributed by atoms with Gasteiger partial charge in [-0.3, -0.25) is 4.98 Å². The number of anilines is 1. The second-order valence-electron chi connectivity index (χ2n) is 5.48. The van der Waals surface area contributed by atoms with E-state index in [9.17, 15) is 0 Å². The number of aromatic nitrogens is 5. The molecular weight excluding hydrogens is 308 g/mol. The van der Waals surface area contributed by atoms with E-state index in [1.54, 1.807) is 12.4 Å². The van der Waals surface area contributed by atoms with Crippen LogP contribution in [0, 0.1) is 0 Å². The van der Waals surface area contributed by atoms with Gasteiger partial charge in [0.25, 0.3) is 0 Å². The number of nitrogen functional groups attached to an aromatic ring is 1. The zero-order valence-electron chi connectivity index (χ0n) is 12.9. The van der Waals surface area contributed by atoms with Gasteiger partial charge in [-0.1, -0.05) is 0 Å². The maximum Gasteiger partial charge on any atom is 0.244 e. The quantitative estimate of drug-likeness (QED) is 0.774. The van der Waals surface area contributed by atoms with Gasteiger partial charge in [0.1, 0.15) is 17.6 Å². The Morgan fingerprint density at radius 2 is 2.00 bits per heavy atom. The number of fused-ring (bicyclic) bond motifs is 1. The van der Waals surface area contributed by atoms with Gasteiger partial charge in [-0.05, 0) is 12.1 Å². The van der Waals surface area contributed by atoms with Crippen LogP contribution in [-0.4, -0.2) is 44.2 Å². The largest absolute Gasteiger partial charge is 0.473 e. The minimum atomic E-state index is 0.0543. The van der Waals surface area contributed by atoms with Gasteiger partial charge in [0.2, 0.25) is 5.88 Å². The highest BCUT2D eigenvalue weighted by atomic mass is 16.5. The molecule has 1 fully saturated rings. The molecule has 0 bridgehead atoms. The lowest BCUT2D eigenvalue weighted by molar-refractivity contribution is 0.0243. The van der Waals surface area contributed by atoms with Gasteiger partial charge in [-0.2, -0.15) is 4.98 Å². The first-order valence-electron chi connectivity index (χ1n) is 7.74. The van der Waals surface area contributed by atoms with Crippen LogP contribution in [-0.2, 0) is 4.74 Å². The van der Waals surface area contributed by atoms with Crippen molar-refractivity contribution in [3.63, 3.8) is 0 Å². The van der Waals surface area contributed by atoms with E-state index in [-0.39, 0.29) is 6.10 Å². The average molecular weight is 324 g/mol. The second-order valence-corrected chi connectivity index (χ2v) is 5.48. The maximum absolute atomic E-state index is 6.09. The zero-order valence-corrected chi connectivity index (χ0v) is 12.9. The van der Waals surface area contributed by atoms with Crippen molar-refractivity contribution in [2.24, 2.45) is 0 Å². The van der Waals surface area contributed by atoms with Crippen molar-refractivity contribution in [2.75, 3.05) is 18.9 Å². The molecule has 8 nitrogen and oxygen atoms in total. The first-order valence-corrected chi connectivity index (χ1v) is 7.74. The lowest BCUT2D eigenvalue weighted by Gasteiger charge is -2.23. The molecule has 0 aliphatic carbocycles. The van der Waals surface area contributed by atoms with Crippen LogP contribution in [0.2, 0.25) is 0 Å². The van der Waals surface area contributed by atoms with Crippen molar-refractivity contribution in [1.29, 1.82) is 0 Å². The van der Waals surface area contributed by atoms with Crippen molar-refractivity contribution in [2.45, 2.75) is 18.9 Å². The van der Waals surface area contributed by atoms with Crippen molar-refractivity contribution >= 4 is 16.9 Å². The summed E-state index contributed by atoms with van der Waals surface area (Å²) in [5, 5.41) is 0. The number of hydrogen-bond donors (Lipinski definition) is 1. The summed E-state index contributed by atoms with van der Waals surface area (Å²) in [6.45, 7) is 1.38. The lowest BCUT2D eigenvalue weighted by atomic mass is 10.1. The van der Waals surface area contributed by atoms with Crippen LogP contribution in [0.1, 0.15) is 12.8 Å². The smallest absolute Gasteiger partial charge is 0.244 e. The molecule has 0 spiro atoms. The first kappa shape index (κ1) is 14.7. The molecule has 1 aliphatic heterocycles. The lowest BCUT2D eigenvalue weighted by Crippen LogP contribution is -2.26. The molecule has 122 valence electrons. The molecule has 0 radical (unpaired) electrons. The monoisotopic (exact) mass is 324 g/mol. The van der Waals surface area contributed by atoms with Crippen LogP contribution in [0.3, 0.4) is 0 Å². The van der Waals surface area contributed by atoms with E-state index in [0.717, 1.165) is 12.8 Å². The van der Waals surface area contributed by atoms with Crippen LogP contribution in [0.25, 0.3) is 22.6 Å². The molecule has 1 saturated heterocycles. The summed E-state index contributed by atoms with van der Waals surface area (Å²) in [6.07, 6.45) is 6.45. The minimum absolute atomic E-state index is 0.0543. The fourth-order valence-electron chi connectivity index (χ4n) is 2.58. The van der Waals surface area contributed by atoms with Gasteiger partial charge in [0.05, 0.1) is 31.1 Å². The Morgan fingerprint density at radius 3 is 2.83 bits per heavy atom. The molecule has 3 aromatic rings. The summed E-state index contributed by atoms with van der Waals surface area (Å²) in [6, 6.07) is 3.69. The molecule has 4 rings (SSSR count). The summed E-state index contributed by atoms with van der Waals surface area (Å²) >= 11 is 0. The topological polar surface area (TPSA) is 109 Å². The Kier molecular flexibility index (Phi) is 3.87. The van der Waals surface area contributed by atoms with Crippen molar-refractivity contribution in [3.05, 3.63) is 30.7 Å². The molecule has 0 atom stereocenters. The zero-order chi connectivity index (χ0) is 16.4. The Labute approximate surface area is 138 Å². The molecular formula is C16H16N6O2. The third-order valence-electron chi connectivity index (χ3n) is 3.75. The number of pyridine rings is 1. The Hall–Kier alpha value is -2.87. The Bertz CT molecular complexity index is 866. The number of hydrogen-bond acceptors (Lipinski definition) is 8. The van der Waals surface area contributed by atoms with Gasteiger partial charge < -0.3 is 15.2 Å². The highest BCUT2D eigenvalue weighted by molar-refractivity contribution is 5.80. The minimum Gasteiger partial charge on any atom is -0.473 e. The van der Waals surface area contributed by atoms with Gasteiger partial charge in [-0.15, -0.1) is 0 Å². The number of rotatable bonds is 3. The third-order valence-corrected chi connectivity index (χ3v) is 3.75. The molecule has 0 unspecified atom stereocenters. The third kappa shape index (κ3) is 2.95. The van der Waals surface area contributed by atoms with Crippen molar-refractivity contribution < 1.29 is 9.47 Å². The van der Waals surface area contributed by atoms with E-state index in [4.69, 9.17) is 15.2 Å². The predicted molar refractivity (Wildman–Crippen MR) is 87.2 cm³/mol. The fraction of sp³-hybridized carbons (Fsp3) is 0.312. The van der Waals surface area contributed by atoms with Crippen molar-refractivity contribution in [3.8, 4) is 17.4 Å². The maximum atomic E-state index is 6.09. The number of nitrogens with zero attached hydrogens (tertiary/aromatic N) is 5. The SMILES string of the molecule is Nc1cncc(-c2nc(OC3CCOCC3)c3ncccc3n2)n1. The Balaban J connectivity index is 1.78. The van der Waals surface area contributed by atoms with Crippen LogP contribution < -0.4 is 10.5 Å². The first-order chi connectivity index (χ1) is 11.8. The highest BCUT2D eigenvalue weighted by Crippen LogP contribution is 2.26. The number of nitrogens with two attached hydrogens (primary N) is 1. The number of ether oxygens (including phenoxy) is 2. The Morgan fingerprint density at radius 1 is 1.12 bits per heavy atom. The molecule has 0 aromatic carbocycles. The van der Waals surface area contributed by atoms with Gasteiger partial charge >= 0.3 is 0 Å². The van der Waals surface area contributed by atoms with Gasteiger partial charge in [0, 0.05) is 19.0 Å². The van der Waals surface area contributed by atoms with Crippen LogP contribution in [0.4, 0.5) is 5.82 Å². The molecule has 24 heavy (non-hydrogen) atoms. The van der Waals surface area contributed by atoms with Crippen molar-refractivity contribution in [1.82, 2.24) is 24.9 Å². The van der Waals surface area contributed by atoms with Crippen LogP contribution in [0.15, 0.2) is 30.7 Å². The summed E-state index contributed by atoms with van der Waals surface area (Å²) in [5.41, 5.74) is 7.53. The standard InChI is InChI=1S/C16H16N6O2/c17-13-9-18-8-12(20-13)15-21-11-2-1-5-19-14(11)16(22-15)24-10-3-6-23-7-4-10/h1-2,5,8-10H,3-4,6-7H2,(H2,17,20). The second kappa shape index (κ2) is 6.32. The summed E-state index contributed by atoms with van der Waals surface area (Å²) in [7, 11) is 0. The fourth-order valence-corrected chi connectivity index (χ4v) is 2.58. The van der Waals surface area contributed by atoms with E-state index in [0.29, 0.717) is 47.5 Å². The van der Waals surface area contributed by atoms with E-state index in [2.05, 4.69) is 24.9 Å². The molecule has 2 N–H and O–H groups in total.